The molecule has 3 N–H and O–H groups in total. The monoisotopic (exact) mass is 274 g/mol. The summed E-state index contributed by atoms with van der Waals surface area (Å²) in [7, 11) is 1.60. The molecule has 0 saturated carbocycles. The molecular formula is C14H18N4O2. The van der Waals surface area contributed by atoms with E-state index in [-0.39, 0.29) is 11.6 Å². The highest BCUT2D eigenvalue weighted by Crippen LogP contribution is 2.17. The van der Waals surface area contributed by atoms with Gasteiger partial charge in [0.15, 0.2) is 5.69 Å². The van der Waals surface area contributed by atoms with Crippen molar-refractivity contribution in [2.75, 3.05) is 12.8 Å². The summed E-state index contributed by atoms with van der Waals surface area (Å²) in [5.74, 6) is 0.445. The van der Waals surface area contributed by atoms with Crippen molar-refractivity contribution in [3.05, 3.63) is 41.7 Å². The van der Waals surface area contributed by atoms with Crippen LogP contribution in [0.15, 0.2) is 30.5 Å². The zero-order valence-electron chi connectivity index (χ0n) is 11.6. The molecule has 0 aliphatic carbocycles. The van der Waals surface area contributed by atoms with E-state index in [1.165, 1.54) is 0 Å². The first-order chi connectivity index (χ1) is 9.65. The number of para-hydroxylation sites is 1. The Morgan fingerprint density at radius 3 is 2.85 bits per heavy atom. The summed E-state index contributed by atoms with van der Waals surface area (Å²) >= 11 is 0. The molecule has 2 aromatic rings. The number of amides is 1. The average molecular weight is 274 g/mol. The third-order valence-electron chi connectivity index (χ3n) is 2.96. The Morgan fingerprint density at radius 1 is 1.45 bits per heavy atom. The molecule has 1 heterocycles. The molecule has 1 amide bonds. The number of methoxy groups -OCH3 is 1. The van der Waals surface area contributed by atoms with Gasteiger partial charge < -0.3 is 15.8 Å². The lowest BCUT2D eigenvalue weighted by Crippen LogP contribution is -2.24. The molecule has 0 unspecified atom stereocenters. The van der Waals surface area contributed by atoms with Gasteiger partial charge in [-0.15, -0.1) is 0 Å². The van der Waals surface area contributed by atoms with Crippen LogP contribution < -0.4 is 15.8 Å². The molecule has 1 aromatic carbocycles. The maximum absolute atomic E-state index is 12.1. The fourth-order valence-corrected chi connectivity index (χ4v) is 1.88. The lowest BCUT2D eigenvalue weighted by molar-refractivity contribution is 0.0945. The lowest BCUT2D eigenvalue weighted by Gasteiger charge is -2.08. The van der Waals surface area contributed by atoms with Crippen LogP contribution in [0.1, 0.15) is 23.0 Å². The third kappa shape index (κ3) is 2.90. The quantitative estimate of drug-likeness (QED) is 0.864. The number of aryl methyl sites for hydroxylation is 1. The Hall–Kier alpha value is -2.50. The number of aromatic nitrogens is 2. The largest absolute Gasteiger partial charge is 0.496 e. The van der Waals surface area contributed by atoms with Gasteiger partial charge in [0.2, 0.25) is 0 Å². The van der Waals surface area contributed by atoms with Crippen LogP contribution in [-0.4, -0.2) is 22.8 Å². The van der Waals surface area contributed by atoms with Gasteiger partial charge in [0, 0.05) is 24.8 Å². The Kier molecular flexibility index (Phi) is 4.24. The van der Waals surface area contributed by atoms with E-state index in [1.807, 2.05) is 31.2 Å². The van der Waals surface area contributed by atoms with Crippen molar-refractivity contribution < 1.29 is 9.53 Å². The van der Waals surface area contributed by atoms with E-state index in [4.69, 9.17) is 10.5 Å². The van der Waals surface area contributed by atoms with Crippen LogP contribution in [0.4, 0.5) is 5.69 Å². The van der Waals surface area contributed by atoms with Crippen LogP contribution in [0.5, 0.6) is 5.75 Å². The van der Waals surface area contributed by atoms with E-state index >= 15 is 0 Å². The molecule has 0 spiro atoms. The number of nitrogen functional groups attached to an aromatic ring is 1. The van der Waals surface area contributed by atoms with Gasteiger partial charge in [-0.25, -0.2) is 0 Å². The molecule has 0 bridgehead atoms. The highest BCUT2D eigenvalue weighted by Gasteiger charge is 2.14. The van der Waals surface area contributed by atoms with Crippen LogP contribution in [0, 0.1) is 0 Å². The number of nitrogens with one attached hydrogen (secondary N) is 1. The van der Waals surface area contributed by atoms with Gasteiger partial charge in [0.05, 0.1) is 12.8 Å². The number of rotatable bonds is 5. The van der Waals surface area contributed by atoms with Gasteiger partial charge >= 0.3 is 0 Å². The van der Waals surface area contributed by atoms with Crippen molar-refractivity contribution in [1.82, 2.24) is 15.1 Å². The molecular weight excluding hydrogens is 256 g/mol. The van der Waals surface area contributed by atoms with E-state index in [1.54, 1.807) is 18.0 Å². The Bertz CT molecular complexity index is 607. The van der Waals surface area contributed by atoms with Crippen molar-refractivity contribution in [3.63, 3.8) is 0 Å². The van der Waals surface area contributed by atoms with Crippen LogP contribution in [0.25, 0.3) is 0 Å². The van der Waals surface area contributed by atoms with Crippen molar-refractivity contribution >= 4 is 11.6 Å². The molecule has 0 aliphatic rings. The van der Waals surface area contributed by atoms with E-state index in [0.717, 1.165) is 11.3 Å². The SMILES string of the molecule is CCn1cc(N)c(C(=O)NCc2ccccc2OC)n1. The summed E-state index contributed by atoms with van der Waals surface area (Å²) < 4.78 is 6.87. The maximum Gasteiger partial charge on any atom is 0.274 e. The molecule has 6 heteroatoms. The van der Waals surface area contributed by atoms with Gasteiger partial charge in [-0.1, -0.05) is 18.2 Å². The Balaban J connectivity index is 2.06. The fourth-order valence-electron chi connectivity index (χ4n) is 1.88. The molecule has 0 radical (unpaired) electrons. The number of ether oxygens (including phenoxy) is 1. The van der Waals surface area contributed by atoms with E-state index in [9.17, 15) is 4.79 Å². The van der Waals surface area contributed by atoms with Crippen LogP contribution in [0.3, 0.4) is 0 Å². The second-order valence-corrected chi connectivity index (χ2v) is 4.28. The first-order valence-electron chi connectivity index (χ1n) is 6.38. The average Bonchev–Trinajstić information content (AvgIpc) is 2.86. The highest BCUT2D eigenvalue weighted by atomic mass is 16.5. The number of hydrogen-bond acceptors (Lipinski definition) is 4. The molecule has 0 aliphatic heterocycles. The number of carbonyl (C=O) groups is 1. The second-order valence-electron chi connectivity index (χ2n) is 4.28. The number of hydrogen-bond donors (Lipinski definition) is 2. The molecule has 0 fully saturated rings. The zero-order valence-corrected chi connectivity index (χ0v) is 11.6. The van der Waals surface area contributed by atoms with Gasteiger partial charge in [0.25, 0.3) is 5.91 Å². The van der Waals surface area contributed by atoms with Crippen molar-refractivity contribution in [2.45, 2.75) is 20.0 Å². The number of benzene rings is 1. The van der Waals surface area contributed by atoms with Crippen LogP contribution in [0.2, 0.25) is 0 Å². The van der Waals surface area contributed by atoms with Gasteiger partial charge in [-0.3, -0.25) is 9.48 Å². The summed E-state index contributed by atoms with van der Waals surface area (Å²) in [5.41, 5.74) is 7.30. The normalized spacial score (nSPS) is 10.3. The maximum atomic E-state index is 12.1. The van der Waals surface area contributed by atoms with Gasteiger partial charge in [-0.2, -0.15) is 5.10 Å². The molecule has 6 nitrogen and oxygen atoms in total. The third-order valence-corrected chi connectivity index (χ3v) is 2.96. The fraction of sp³-hybridized carbons (Fsp3) is 0.286. The number of nitrogens with zero attached hydrogens (tertiary/aromatic N) is 2. The summed E-state index contributed by atoms with van der Waals surface area (Å²) in [6.07, 6.45) is 1.65. The van der Waals surface area contributed by atoms with Crippen molar-refractivity contribution in [3.8, 4) is 5.75 Å². The number of nitrogens with two attached hydrogens (primary N) is 1. The molecule has 106 valence electrons. The minimum absolute atomic E-state index is 0.252. The smallest absolute Gasteiger partial charge is 0.274 e. The Morgan fingerprint density at radius 2 is 2.20 bits per heavy atom. The number of carbonyl (C=O) groups excluding carboxylic acids is 1. The minimum atomic E-state index is -0.291. The summed E-state index contributed by atoms with van der Waals surface area (Å²) in [5, 5.41) is 6.92. The lowest BCUT2D eigenvalue weighted by atomic mass is 10.2. The Labute approximate surface area is 117 Å². The van der Waals surface area contributed by atoms with Crippen LogP contribution in [-0.2, 0) is 13.1 Å². The zero-order chi connectivity index (χ0) is 14.5. The molecule has 20 heavy (non-hydrogen) atoms. The molecule has 1 aromatic heterocycles. The first kappa shape index (κ1) is 13.9. The van der Waals surface area contributed by atoms with E-state index in [2.05, 4.69) is 10.4 Å². The second kappa shape index (κ2) is 6.10. The summed E-state index contributed by atoms with van der Waals surface area (Å²) in [6, 6.07) is 7.52. The predicted molar refractivity (Wildman–Crippen MR) is 76.5 cm³/mol. The van der Waals surface area contributed by atoms with Crippen molar-refractivity contribution in [1.29, 1.82) is 0 Å². The summed E-state index contributed by atoms with van der Waals surface area (Å²) in [6.45, 7) is 2.97. The van der Waals surface area contributed by atoms with Crippen molar-refractivity contribution in [2.24, 2.45) is 0 Å². The van der Waals surface area contributed by atoms with Gasteiger partial charge in [-0.05, 0) is 13.0 Å². The summed E-state index contributed by atoms with van der Waals surface area (Å²) in [4.78, 5) is 12.1. The highest BCUT2D eigenvalue weighted by molar-refractivity contribution is 5.96. The van der Waals surface area contributed by atoms with Crippen LogP contribution >= 0.6 is 0 Å². The predicted octanol–water partition coefficient (Wildman–Crippen LogP) is 1.42. The topological polar surface area (TPSA) is 82.2 Å². The van der Waals surface area contributed by atoms with E-state index in [0.29, 0.717) is 18.8 Å². The standard InChI is InChI=1S/C14H18N4O2/c1-3-18-9-11(15)13(17-18)14(19)16-8-10-6-4-5-7-12(10)20-2/h4-7,9H,3,8,15H2,1-2H3,(H,16,19). The molecule has 2 rings (SSSR count). The first-order valence-corrected chi connectivity index (χ1v) is 6.38. The molecule has 0 atom stereocenters. The number of anilines is 1. The minimum Gasteiger partial charge on any atom is -0.496 e. The van der Waals surface area contributed by atoms with Gasteiger partial charge in [0.1, 0.15) is 5.75 Å². The molecule has 0 saturated heterocycles. The van der Waals surface area contributed by atoms with E-state index < -0.39 is 0 Å².